The fourth-order valence-electron chi connectivity index (χ4n) is 3.98. The van der Waals surface area contributed by atoms with E-state index in [2.05, 4.69) is 41.9 Å². The smallest absolute Gasteiger partial charge is 0.306 e. The maximum atomic E-state index is 11.2. The Balaban J connectivity index is 1.53. The zero-order valence-electron chi connectivity index (χ0n) is 16.0. The van der Waals surface area contributed by atoms with Gasteiger partial charge in [-0.25, -0.2) is 9.97 Å². The fraction of sp³-hybridized carbons (Fsp3) is 0.409. The SMILES string of the molecule is Cc1csc2nc(C3CCC(C(=O)O)CC3)nc(NCCc3ccccc3)c12. The molecule has 2 N–H and O–H groups in total. The Bertz CT molecular complexity index is 963. The van der Waals surface area contributed by atoms with E-state index in [9.17, 15) is 9.90 Å². The average Bonchev–Trinajstić information content (AvgIpc) is 3.10. The predicted octanol–water partition coefficient (Wildman–Crippen LogP) is 5.01. The van der Waals surface area contributed by atoms with Gasteiger partial charge in [-0.05, 0) is 55.5 Å². The second-order valence-corrected chi connectivity index (χ2v) is 8.44. The average molecular weight is 396 g/mol. The quantitative estimate of drug-likeness (QED) is 0.613. The number of nitrogens with zero attached hydrogens (tertiary/aromatic N) is 2. The predicted molar refractivity (Wildman–Crippen MR) is 113 cm³/mol. The van der Waals surface area contributed by atoms with E-state index in [1.165, 1.54) is 11.1 Å². The molecule has 0 amide bonds. The number of fused-ring (bicyclic) bond motifs is 1. The highest BCUT2D eigenvalue weighted by Crippen LogP contribution is 2.37. The van der Waals surface area contributed by atoms with Crippen molar-refractivity contribution in [2.24, 2.45) is 5.92 Å². The van der Waals surface area contributed by atoms with Gasteiger partial charge in [-0.3, -0.25) is 4.79 Å². The van der Waals surface area contributed by atoms with Crippen molar-refractivity contribution in [2.45, 2.75) is 44.9 Å². The van der Waals surface area contributed by atoms with Gasteiger partial charge in [0.05, 0.1) is 11.3 Å². The van der Waals surface area contributed by atoms with Gasteiger partial charge in [0.1, 0.15) is 16.5 Å². The number of thiophene rings is 1. The van der Waals surface area contributed by atoms with Gasteiger partial charge in [-0.15, -0.1) is 11.3 Å². The Morgan fingerprint density at radius 1 is 1.18 bits per heavy atom. The van der Waals surface area contributed by atoms with Gasteiger partial charge in [0.15, 0.2) is 0 Å². The first-order valence-corrected chi connectivity index (χ1v) is 10.8. The number of anilines is 1. The molecule has 28 heavy (non-hydrogen) atoms. The van der Waals surface area contributed by atoms with Gasteiger partial charge in [-0.2, -0.15) is 0 Å². The van der Waals surface area contributed by atoms with Gasteiger partial charge >= 0.3 is 5.97 Å². The number of hydrogen-bond donors (Lipinski definition) is 2. The van der Waals surface area contributed by atoms with Crippen LogP contribution in [-0.4, -0.2) is 27.6 Å². The van der Waals surface area contributed by atoms with Crippen LogP contribution in [0.2, 0.25) is 0 Å². The van der Waals surface area contributed by atoms with E-state index >= 15 is 0 Å². The first kappa shape index (κ1) is 18.9. The summed E-state index contributed by atoms with van der Waals surface area (Å²) in [6.07, 6.45) is 4.05. The van der Waals surface area contributed by atoms with Crippen LogP contribution in [0, 0.1) is 12.8 Å². The van der Waals surface area contributed by atoms with E-state index in [-0.39, 0.29) is 11.8 Å². The molecule has 0 unspecified atom stereocenters. The highest BCUT2D eigenvalue weighted by Gasteiger charge is 2.29. The van der Waals surface area contributed by atoms with Gasteiger partial charge in [0.25, 0.3) is 0 Å². The Morgan fingerprint density at radius 2 is 1.93 bits per heavy atom. The lowest BCUT2D eigenvalue weighted by molar-refractivity contribution is -0.142. The zero-order valence-corrected chi connectivity index (χ0v) is 16.8. The summed E-state index contributed by atoms with van der Waals surface area (Å²) in [7, 11) is 0. The van der Waals surface area contributed by atoms with Crippen LogP contribution in [0.15, 0.2) is 35.7 Å². The first-order chi connectivity index (χ1) is 13.6. The molecule has 146 valence electrons. The summed E-state index contributed by atoms with van der Waals surface area (Å²) >= 11 is 1.66. The molecule has 0 radical (unpaired) electrons. The molecule has 0 atom stereocenters. The largest absolute Gasteiger partial charge is 0.481 e. The molecule has 0 bridgehead atoms. The van der Waals surface area contributed by atoms with Crippen molar-refractivity contribution >= 4 is 33.3 Å². The Morgan fingerprint density at radius 3 is 2.64 bits per heavy atom. The molecule has 1 saturated carbocycles. The number of carbonyl (C=O) groups is 1. The molecule has 2 heterocycles. The van der Waals surface area contributed by atoms with Crippen LogP contribution in [-0.2, 0) is 11.2 Å². The summed E-state index contributed by atoms with van der Waals surface area (Å²) in [4.78, 5) is 22.0. The third kappa shape index (κ3) is 4.02. The summed E-state index contributed by atoms with van der Waals surface area (Å²) in [6, 6.07) is 10.4. The van der Waals surface area contributed by atoms with Gasteiger partial charge in [0, 0.05) is 12.5 Å². The number of carboxylic acid groups (broad SMARTS) is 1. The van der Waals surface area contributed by atoms with Crippen LogP contribution in [0.5, 0.6) is 0 Å². The number of rotatable bonds is 6. The topological polar surface area (TPSA) is 75.1 Å². The maximum absolute atomic E-state index is 11.2. The van der Waals surface area contributed by atoms with Gasteiger partial charge in [-0.1, -0.05) is 30.3 Å². The summed E-state index contributed by atoms with van der Waals surface area (Å²) in [5, 5.41) is 16.0. The second-order valence-electron chi connectivity index (χ2n) is 7.58. The van der Waals surface area contributed by atoms with Crippen LogP contribution >= 0.6 is 11.3 Å². The number of benzene rings is 1. The molecule has 3 aromatic rings. The third-order valence-corrected chi connectivity index (χ3v) is 6.62. The van der Waals surface area contributed by atoms with Crippen molar-refractivity contribution in [1.29, 1.82) is 0 Å². The van der Waals surface area contributed by atoms with Crippen LogP contribution in [0.4, 0.5) is 5.82 Å². The number of aliphatic carboxylic acids is 1. The summed E-state index contributed by atoms with van der Waals surface area (Å²) in [6.45, 7) is 2.92. The molecule has 1 aromatic carbocycles. The fourth-order valence-corrected chi connectivity index (χ4v) is 4.91. The molecule has 1 fully saturated rings. The zero-order chi connectivity index (χ0) is 19.5. The number of carboxylic acids is 1. The summed E-state index contributed by atoms with van der Waals surface area (Å²) < 4.78 is 0. The van der Waals surface area contributed by atoms with Crippen molar-refractivity contribution in [3.63, 3.8) is 0 Å². The summed E-state index contributed by atoms with van der Waals surface area (Å²) in [5.41, 5.74) is 2.50. The minimum atomic E-state index is -0.674. The normalized spacial score (nSPS) is 19.6. The number of nitrogens with one attached hydrogen (secondary N) is 1. The molecule has 1 aliphatic rings. The van der Waals surface area contributed by atoms with Crippen LogP contribution in [0.3, 0.4) is 0 Å². The third-order valence-electron chi connectivity index (χ3n) is 5.63. The Kier molecular flexibility index (Phi) is 5.57. The molecule has 0 aliphatic heterocycles. The van der Waals surface area contributed by atoms with Crippen LogP contribution in [0.1, 0.15) is 48.6 Å². The van der Waals surface area contributed by atoms with Crippen molar-refractivity contribution in [3.8, 4) is 0 Å². The van der Waals surface area contributed by atoms with E-state index in [0.717, 1.165) is 47.7 Å². The Labute approximate surface area is 168 Å². The number of aryl methyl sites for hydroxylation is 1. The first-order valence-electron chi connectivity index (χ1n) is 9.88. The lowest BCUT2D eigenvalue weighted by atomic mass is 9.81. The lowest BCUT2D eigenvalue weighted by Crippen LogP contribution is -2.21. The second kappa shape index (κ2) is 8.27. The molecule has 1 aliphatic carbocycles. The molecule has 2 aromatic heterocycles. The van der Waals surface area contributed by atoms with Gasteiger partial charge < -0.3 is 10.4 Å². The van der Waals surface area contributed by atoms with Crippen molar-refractivity contribution in [1.82, 2.24) is 9.97 Å². The Hall–Kier alpha value is -2.47. The summed E-state index contributed by atoms with van der Waals surface area (Å²) in [5.74, 6) is 1.13. The lowest BCUT2D eigenvalue weighted by Gasteiger charge is -2.25. The minimum absolute atomic E-state index is 0.215. The molecule has 5 nitrogen and oxygen atoms in total. The van der Waals surface area contributed by atoms with Crippen LogP contribution in [0.25, 0.3) is 10.2 Å². The van der Waals surface area contributed by atoms with Crippen molar-refractivity contribution in [2.75, 3.05) is 11.9 Å². The highest BCUT2D eigenvalue weighted by molar-refractivity contribution is 7.17. The van der Waals surface area contributed by atoms with E-state index in [1.807, 2.05) is 6.07 Å². The van der Waals surface area contributed by atoms with E-state index < -0.39 is 5.97 Å². The number of hydrogen-bond acceptors (Lipinski definition) is 5. The molecule has 6 heteroatoms. The van der Waals surface area contributed by atoms with Crippen LogP contribution < -0.4 is 5.32 Å². The molecule has 0 spiro atoms. The molecule has 4 rings (SSSR count). The monoisotopic (exact) mass is 395 g/mol. The molecule has 0 saturated heterocycles. The standard InChI is InChI=1S/C22H25N3O2S/c1-14-13-28-21-18(14)20(23-12-11-15-5-3-2-4-6-15)24-19(25-21)16-7-9-17(10-8-16)22(26)27/h2-6,13,16-17H,7-12H2,1H3,(H,26,27)(H,23,24,25). The highest BCUT2D eigenvalue weighted by atomic mass is 32.1. The maximum Gasteiger partial charge on any atom is 0.306 e. The van der Waals surface area contributed by atoms with Crippen molar-refractivity contribution < 1.29 is 9.90 Å². The minimum Gasteiger partial charge on any atom is -0.481 e. The van der Waals surface area contributed by atoms with Crippen molar-refractivity contribution in [3.05, 3.63) is 52.7 Å². The number of aromatic nitrogens is 2. The van der Waals surface area contributed by atoms with E-state index in [1.54, 1.807) is 11.3 Å². The van der Waals surface area contributed by atoms with E-state index in [4.69, 9.17) is 9.97 Å². The van der Waals surface area contributed by atoms with E-state index in [0.29, 0.717) is 12.8 Å². The van der Waals surface area contributed by atoms with Gasteiger partial charge in [0.2, 0.25) is 0 Å². The molecular weight excluding hydrogens is 370 g/mol. The molecular formula is C22H25N3O2S.